The summed E-state index contributed by atoms with van der Waals surface area (Å²) >= 11 is 1.40. The van der Waals surface area contributed by atoms with Gasteiger partial charge < -0.3 is 15.0 Å². The SMILES string of the molecule is CCCCC(=O)Nc1nc(-c2ccc3c(c2)N(CCC)C(=O)CO3)cs1. The fourth-order valence-corrected chi connectivity index (χ4v) is 3.55. The molecule has 2 aromatic rings. The summed E-state index contributed by atoms with van der Waals surface area (Å²) in [4.78, 5) is 30.3. The molecule has 0 fully saturated rings. The van der Waals surface area contributed by atoms with Crippen LogP contribution < -0.4 is 15.0 Å². The number of nitrogens with one attached hydrogen (secondary N) is 1. The quantitative estimate of drug-likeness (QED) is 0.794. The minimum Gasteiger partial charge on any atom is -0.482 e. The van der Waals surface area contributed by atoms with E-state index in [0.717, 1.165) is 36.2 Å². The standard InChI is InChI=1S/C19H23N3O3S/c1-3-5-6-17(23)21-19-20-14(12-26-19)13-7-8-16-15(10-13)22(9-4-2)18(24)11-25-16/h7-8,10,12H,3-6,9,11H2,1-2H3,(H,20,21,23). The molecule has 6 nitrogen and oxygen atoms in total. The van der Waals surface area contributed by atoms with Crippen molar-refractivity contribution in [1.29, 1.82) is 0 Å². The van der Waals surface area contributed by atoms with Crippen LogP contribution in [0.3, 0.4) is 0 Å². The molecule has 0 unspecified atom stereocenters. The summed E-state index contributed by atoms with van der Waals surface area (Å²) < 4.78 is 5.53. The van der Waals surface area contributed by atoms with Gasteiger partial charge >= 0.3 is 0 Å². The zero-order valence-corrected chi connectivity index (χ0v) is 15.9. The lowest BCUT2D eigenvalue weighted by molar-refractivity contribution is -0.121. The van der Waals surface area contributed by atoms with Crippen LogP contribution in [-0.2, 0) is 9.59 Å². The molecule has 0 spiro atoms. The third kappa shape index (κ3) is 4.04. The lowest BCUT2D eigenvalue weighted by atomic mass is 10.1. The fourth-order valence-electron chi connectivity index (χ4n) is 2.81. The predicted octanol–water partition coefficient (Wildman–Crippen LogP) is 4.07. The van der Waals surface area contributed by atoms with Crippen molar-refractivity contribution in [2.45, 2.75) is 39.5 Å². The molecule has 1 aliphatic heterocycles. The summed E-state index contributed by atoms with van der Waals surface area (Å²) in [5, 5.41) is 5.35. The minimum absolute atomic E-state index is 0.00805. The molecule has 26 heavy (non-hydrogen) atoms. The number of benzene rings is 1. The molecule has 0 aliphatic carbocycles. The Morgan fingerprint density at radius 1 is 1.35 bits per heavy atom. The normalized spacial score (nSPS) is 13.3. The molecule has 0 saturated heterocycles. The summed E-state index contributed by atoms with van der Waals surface area (Å²) in [5.74, 6) is 0.676. The number of amides is 2. The van der Waals surface area contributed by atoms with E-state index >= 15 is 0 Å². The Labute approximate surface area is 157 Å². The van der Waals surface area contributed by atoms with Gasteiger partial charge in [0.25, 0.3) is 5.91 Å². The van der Waals surface area contributed by atoms with Gasteiger partial charge in [0.2, 0.25) is 5.91 Å². The molecule has 1 N–H and O–H groups in total. The second-order valence-corrected chi connectivity index (χ2v) is 7.06. The molecule has 3 rings (SSSR count). The van der Waals surface area contributed by atoms with Crippen LogP contribution in [0, 0.1) is 0 Å². The number of nitrogens with zero attached hydrogens (tertiary/aromatic N) is 2. The second kappa shape index (κ2) is 8.31. The summed E-state index contributed by atoms with van der Waals surface area (Å²) in [6.45, 7) is 4.84. The Balaban J connectivity index is 1.80. The molecule has 2 heterocycles. The van der Waals surface area contributed by atoms with Crippen molar-refractivity contribution in [3.8, 4) is 17.0 Å². The molecular formula is C19H23N3O3S. The highest BCUT2D eigenvalue weighted by molar-refractivity contribution is 7.14. The van der Waals surface area contributed by atoms with E-state index in [0.29, 0.717) is 23.8 Å². The molecule has 138 valence electrons. The maximum absolute atomic E-state index is 12.1. The molecule has 0 atom stereocenters. The van der Waals surface area contributed by atoms with E-state index in [-0.39, 0.29) is 18.4 Å². The van der Waals surface area contributed by atoms with Gasteiger partial charge in [0.05, 0.1) is 11.4 Å². The smallest absolute Gasteiger partial charge is 0.265 e. The van der Waals surface area contributed by atoms with Gasteiger partial charge in [-0.2, -0.15) is 0 Å². The van der Waals surface area contributed by atoms with E-state index in [1.165, 1.54) is 11.3 Å². The van der Waals surface area contributed by atoms with Gasteiger partial charge in [-0.25, -0.2) is 4.98 Å². The Hall–Kier alpha value is -2.41. The predicted molar refractivity (Wildman–Crippen MR) is 104 cm³/mol. The maximum atomic E-state index is 12.1. The van der Waals surface area contributed by atoms with E-state index in [2.05, 4.69) is 17.2 Å². The molecule has 0 saturated carbocycles. The average molecular weight is 373 g/mol. The number of anilines is 2. The number of aromatic nitrogens is 1. The van der Waals surface area contributed by atoms with E-state index in [1.54, 1.807) is 4.90 Å². The van der Waals surface area contributed by atoms with Crippen molar-refractivity contribution in [3.63, 3.8) is 0 Å². The highest BCUT2D eigenvalue weighted by Crippen LogP contribution is 2.36. The lowest BCUT2D eigenvalue weighted by Gasteiger charge is -2.29. The molecule has 7 heteroatoms. The van der Waals surface area contributed by atoms with Gasteiger partial charge in [-0.15, -0.1) is 11.3 Å². The van der Waals surface area contributed by atoms with E-state index in [1.807, 2.05) is 30.5 Å². The van der Waals surface area contributed by atoms with Crippen molar-refractivity contribution in [1.82, 2.24) is 4.98 Å². The number of unbranched alkanes of at least 4 members (excludes halogenated alkanes) is 1. The largest absolute Gasteiger partial charge is 0.482 e. The summed E-state index contributed by atoms with van der Waals surface area (Å²) in [7, 11) is 0. The first-order chi connectivity index (χ1) is 12.6. The van der Waals surface area contributed by atoms with Crippen molar-refractivity contribution >= 4 is 34.0 Å². The first-order valence-electron chi connectivity index (χ1n) is 8.95. The van der Waals surface area contributed by atoms with Crippen molar-refractivity contribution < 1.29 is 14.3 Å². The first kappa shape index (κ1) is 18.4. The number of ether oxygens (including phenoxy) is 1. The van der Waals surface area contributed by atoms with E-state index < -0.39 is 0 Å². The molecule has 0 bridgehead atoms. The first-order valence-corrected chi connectivity index (χ1v) is 9.83. The fraction of sp³-hybridized carbons (Fsp3) is 0.421. The molecule has 0 radical (unpaired) electrons. The van der Waals surface area contributed by atoms with Crippen LogP contribution in [0.2, 0.25) is 0 Å². The number of carbonyl (C=O) groups excluding carboxylic acids is 2. The highest BCUT2D eigenvalue weighted by atomic mass is 32.1. The summed E-state index contributed by atoms with van der Waals surface area (Å²) in [6.07, 6.45) is 3.24. The van der Waals surface area contributed by atoms with Crippen LogP contribution in [0.5, 0.6) is 5.75 Å². The number of hydrogen-bond acceptors (Lipinski definition) is 5. The van der Waals surface area contributed by atoms with E-state index in [9.17, 15) is 9.59 Å². The molecule has 1 aromatic heterocycles. The summed E-state index contributed by atoms with van der Waals surface area (Å²) in [5.41, 5.74) is 2.45. The zero-order chi connectivity index (χ0) is 18.5. The van der Waals surface area contributed by atoms with Gasteiger partial charge in [0.15, 0.2) is 11.7 Å². The van der Waals surface area contributed by atoms with Crippen LogP contribution in [-0.4, -0.2) is 29.9 Å². The maximum Gasteiger partial charge on any atom is 0.265 e. The van der Waals surface area contributed by atoms with Gasteiger partial charge in [-0.1, -0.05) is 20.3 Å². The number of hydrogen-bond donors (Lipinski definition) is 1. The van der Waals surface area contributed by atoms with Crippen LogP contribution in [0.4, 0.5) is 10.8 Å². The van der Waals surface area contributed by atoms with Crippen molar-refractivity contribution in [2.24, 2.45) is 0 Å². The molecule has 1 aromatic carbocycles. The van der Waals surface area contributed by atoms with Crippen LogP contribution >= 0.6 is 11.3 Å². The Morgan fingerprint density at radius 3 is 2.96 bits per heavy atom. The van der Waals surface area contributed by atoms with Gasteiger partial charge in [-0.05, 0) is 31.0 Å². The van der Waals surface area contributed by atoms with Gasteiger partial charge in [0, 0.05) is 23.9 Å². The topological polar surface area (TPSA) is 71.5 Å². The number of carbonyl (C=O) groups is 2. The monoisotopic (exact) mass is 373 g/mol. The highest BCUT2D eigenvalue weighted by Gasteiger charge is 2.25. The third-order valence-electron chi connectivity index (χ3n) is 4.15. The Kier molecular flexibility index (Phi) is 5.88. The van der Waals surface area contributed by atoms with E-state index in [4.69, 9.17) is 4.74 Å². The zero-order valence-electron chi connectivity index (χ0n) is 15.1. The minimum atomic E-state index is -0.0290. The van der Waals surface area contributed by atoms with Crippen molar-refractivity contribution in [3.05, 3.63) is 23.6 Å². The van der Waals surface area contributed by atoms with Crippen molar-refractivity contribution in [2.75, 3.05) is 23.4 Å². The Morgan fingerprint density at radius 2 is 2.19 bits per heavy atom. The third-order valence-corrected chi connectivity index (χ3v) is 4.91. The van der Waals surface area contributed by atoms with Crippen LogP contribution in [0.1, 0.15) is 39.5 Å². The number of thiazole rings is 1. The van der Waals surface area contributed by atoms with Crippen LogP contribution in [0.25, 0.3) is 11.3 Å². The average Bonchev–Trinajstić information content (AvgIpc) is 3.10. The number of fused-ring (bicyclic) bond motifs is 1. The lowest BCUT2D eigenvalue weighted by Crippen LogP contribution is -2.39. The summed E-state index contributed by atoms with van der Waals surface area (Å²) in [6, 6.07) is 5.73. The second-order valence-electron chi connectivity index (χ2n) is 6.21. The molecule has 1 aliphatic rings. The Bertz CT molecular complexity index is 803. The van der Waals surface area contributed by atoms with Gasteiger partial charge in [0.1, 0.15) is 5.75 Å². The van der Waals surface area contributed by atoms with Gasteiger partial charge in [-0.3, -0.25) is 9.59 Å². The number of rotatable bonds is 7. The molecule has 2 amide bonds. The molecular weight excluding hydrogens is 350 g/mol. The van der Waals surface area contributed by atoms with Crippen LogP contribution in [0.15, 0.2) is 23.6 Å².